The highest BCUT2D eigenvalue weighted by Gasteiger charge is 2.20. The summed E-state index contributed by atoms with van der Waals surface area (Å²) in [4.78, 5) is 37.4. The van der Waals surface area contributed by atoms with Gasteiger partial charge in [-0.1, -0.05) is 6.07 Å². The molecule has 1 N–H and O–H groups in total. The van der Waals surface area contributed by atoms with Crippen LogP contribution >= 0.6 is 11.3 Å². The lowest BCUT2D eigenvalue weighted by molar-refractivity contribution is 0.0518. The molecule has 0 bridgehead atoms. The number of esters is 1. The number of carbonyl (C=O) groups is 2. The lowest BCUT2D eigenvalue weighted by Crippen LogP contribution is -2.27. The molecular formula is C18H14FN3O4S. The number of anilines is 1. The van der Waals surface area contributed by atoms with E-state index in [1.807, 2.05) is 0 Å². The maximum Gasteiger partial charge on any atom is 0.360 e. The van der Waals surface area contributed by atoms with Gasteiger partial charge >= 0.3 is 5.97 Å². The number of hydrogen-bond donors (Lipinski definition) is 1. The molecule has 0 aliphatic rings. The van der Waals surface area contributed by atoms with Crippen molar-refractivity contribution < 1.29 is 18.7 Å². The van der Waals surface area contributed by atoms with Gasteiger partial charge < -0.3 is 10.1 Å². The highest BCUT2D eigenvalue weighted by molar-refractivity contribution is 7.12. The van der Waals surface area contributed by atoms with Crippen LogP contribution in [0.5, 0.6) is 0 Å². The van der Waals surface area contributed by atoms with E-state index in [1.165, 1.54) is 35.6 Å². The zero-order valence-electron chi connectivity index (χ0n) is 14.1. The van der Waals surface area contributed by atoms with Gasteiger partial charge in [-0.05, 0) is 42.6 Å². The molecule has 3 aromatic rings. The summed E-state index contributed by atoms with van der Waals surface area (Å²) in [6, 6.07) is 9.42. The van der Waals surface area contributed by atoms with Crippen molar-refractivity contribution in [1.82, 2.24) is 9.78 Å². The average molecular weight is 387 g/mol. The van der Waals surface area contributed by atoms with Crippen molar-refractivity contribution in [2.24, 2.45) is 0 Å². The topological polar surface area (TPSA) is 90.3 Å². The van der Waals surface area contributed by atoms with E-state index in [0.717, 1.165) is 10.7 Å². The Morgan fingerprint density at radius 2 is 2.00 bits per heavy atom. The smallest absolute Gasteiger partial charge is 0.360 e. The normalized spacial score (nSPS) is 10.4. The summed E-state index contributed by atoms with van der Waals surface area (Å²) in [6.45, 7) is 1.71. The van der Waals surface area contributed by atoms with Crippen molar-refractivity contribution in [2.45, 2.75) is 6.92 Å². The number of rotatable bonds is 5. The van der Waals surface area contributed by atoms with E-state index in [-0.39, 0.29) is 23.7 Å². The molecular weight excluding hydrogens is 373 g/mol. The van der Waals surface area contributed by atoms with Crippen LogP contribution in [0.1, 0.15) is 27.1 Å². The summed E-state index contributed by atoms with van der Waals surface area (Å²) in [5.41, 5.74) is -0.625. The van der Waals surface area contributed by atoms with E-state index < -0.39 is 23.3 Å². The second-order valence-electron chi connectivity index (χ2n) is 5.28. The average Bonchev–Trinajstić information content (AvgIpc) is 3.18. The molecule has 7 nitrogen and oxygen atoms in total. The third-order valence-electron chi connectivity index (χ3n) is 3.46. The standard InChI is InChI=1S/C18H14FN3O4S/c1-2-26-18(25)16-13(20-17(24)14-4-3-9-27-14)10-15(23)22(21-16)12-7-5-11(19)6-8-12/h3-10H,2H2,1H3,(H,20,24). The minimum Gasteiger partial charge on any atom is -0.461 e. The fourth-order valence-corrected chi connectivity index (χ4v) is 2.88. The Labute approximate surface area is 157 Å². The Kier molecular flexibility index (Phi) is 5.41. The summed E-state index contributed by atoms with van der Waals surface area (Å²) < 4.78 is 19.0. The molecule has 0 saturated carbocycles. The fraction of sp³-hybridized carbons (Fsp3) is 0.111. The molecule has 2 heterocycles. The quantitative estimate of drug-likeness (QED) is 0.680. The second-order valence-corrected chi connectivity index (χ2v) is 6.23. The minimum absolute atomic E-state index is 0.0600. The predicted molar refractivity (Wildman–Crippen MR) is 98.0 cm³/mol. The molecule has 1 amide bonds. The van der Waals surface area contributed by atoms with Crippen molar-refractivity contribution in [3.63, 3.8) is 0 Å². The van der Waals surface area contributed by atoms with Crippen LogP contribution in [0, 0.1) is 5.82 Å². The van der Waals surface area contributed by atoms with Crippen LogP contribution in [-0.4, -0.2) is 28.3 Å². The number of amides is 1. The first kappa shape index (κ1) is 18.5. The number of nitrogens with zero attached hydrogens (tertiary/aromatic N) is 2. The van der Waals surface area contributed by atoms with Crippen molar-refractivity contribution in [1.29, 1.82) is 0 Å². The van der Waals surface area contributed by atoms with E-state index in [1.54, 1.807) is 24.4 Å². The van der Waals surface area contributed by atoms with Crippen LogP contribution < -0.4 is 10.9 Å². The van der Waals surface area contributed by atoms with Crippen molar-refractivity contribution >= 4 is 28.9 Å². The Morgan fingerprint density at radius 1 is 1.26 bits per heavy atom. The van der Waals surface area contributed by atoms with Crippen LogP contribution in [0.3, 0.4) is 0 Å². The Hall–Kier alpha value is -3.33. The van der Waals surface area contributed by atoms with Gasteiger partial charge in [0, 0.05) is 6.07 Å². The molecule has 0 spiro atoms. The van der Waals surface area contributed by atoms with Crippen LogP contribution in [0.15, 0.2) is 52.6 Å². The lowest BCUT2D eigenvalue weighted by Gasteiger charge is -2.12. The van der Waals surface area contributed by atoms with Gasteiger partial charge in [0.2, 0.25) is 0 Å². The summed E-state index contributed by atoms with van der Waals surface area (Å²) in [5.74, 6) is -1.75. The number of halogens is 1. The zero-order valence-corrected chi connectivity index (χ0v) is 15.0. The molecule has 1 aromatic carbocycles. The van der Waals surface area contributed by atoms with E-state index in [0.29, 0.717) is 4.88 Å². The molecule has 9 heteroatoms. The Bertz CT molecular complexity index is 1030. The monoisotopic (exact) mass is 387 g/mol. The van der Waals surface area contributed by atoms with Crippen LogP contribution in [0.4, 0.5) is 10.1 Å². The molecule has 0 atom stereocenters. The molecule has 0 unspecified atom stereocenters. The van der Waals surface area contributed by atoms with Gasteiger partial charge in [0.05, 0.1) is 22.9 Å². The number of hydrogen-bond acceptors (Lipinski definition) is 6. The molecule has 0 aliphatic heterocycles. The first-order chi connectivity index (χ1) is 13.0. The first-order valence-corrected chi connectivity index (χ1v) is 8.80. The third-order valence-corrected chi connectivity index (χ3v) is 4.33. The molecule has 2 aromatic heterocycles. The largest absolute Gasteiger partial charge is 0.461 e. The summed E-state index contributed by atoms with van der Waals surface area (Å²) in [6.07, 6.45) is 0. The Balaban J connectivity index is 2.05. The highest BCUT2D eigenvalue weighted by Crippen LogP contribution is 2.17. The first-order valence-electron chi connectivity index (χ1n) is 7.92. The van der Waals surface area contributed by atoms with E-state index >= 15 is 0 Å². The molecule has 0 radical (unpaired) electrons. The van der Waals surface area contributed by atoms with Crippen molar-refractivity contribution in [3.05, 3.63) is 74.6 Å². The van der Waals surface area contributed by atoms with Gasteiger partial charge in [0.1, 0.15) is 5.82 Å². The van der Waals surface area contributed by atoms with E-state index in [9.17, 15) is 18.8 Å². The SMILES string of the molecule is CCOC(=O)c1nn(-c2ccc(F)cc2)c(=O)cc1NC(=O)c1cccs1. The van der Waals surface area contributed by atoms with Crippen molar-refractivity contribution in [2.75, 3.05) is 11.9 Å². The maximum atomic E-state index is 13.1. The number of nitrogens with one attached hydrogen (secondary N) is 1. The number of thiophene rings is 1. The zero-order chi connectivity index (χ0) is 19.4. The van der Waals surface area contributed by atoms with Gasteiger partial charge in [-0.25, -0.2) is 9.18 Å². The number of aromatic nitrogens is 2. The van der Waals surface area contributed by atoms with E-state index in [2.05, 4.69) is 10.4 Å². The number of carbonyl (C=O) groups excluding carboxylic acids is 2. The number of benzene rings is 1. The van der Waals surface area contributed by atoms with Gasteiger partial charge in [-0.2, -0.15) is 9.78 Å². The fourth-order valence-electron chi connectivity index (χ4n) is 2.26. The highest BCUT2D eigenvalue weighted by atomic mass is 32.1. The minimum atomic E-state index is -0.796. The van der Waals surface area contributed by atoms with Crippen LogP contribution in [0.25, 0.3) is 5.69 Å². The molecule has 3 rings (SSSR count). The number of ether oxygens (including phenoxy) is 1. The van der Waals surface area contributed by atoms with Gasteiger partial charge in [0.25, 0.3) is 11.5 Å². The van der Waals surface area contributed by atoms with Crippen molar-refractivity contribution in [3.8, 4) is 5.69 Å². The van der Waals surface area contributed by atoms with E-state index in [4.69, 9.17) is 4.74 Å². The molecule has 0 fully saturated rings. The van der Waals surface area contributed by atoms with Crippen LogP contribution in [-0.2, 0) is 4.74 Å². The van der Waals surface area contributed by atoms with Gasteiger partial charge in [0.15, 0.2) is 5.69 Å². The Morgan fingerprint density at radius 3 is 2.63 bits per heavy atom. The molecule has 138 valence electrons. The maximum absolute atomic E-state index is 13.1. The molecule has 27 heavy (non-hydrogen) atoms. The van der Waals surface area contributed by atoms with Gasteiger partial charge in [-0.3, -0.25) is 9.59 Å². The molecule has 0 saturated heterocycles. The third kappa shape index (κ3) is 4.09. The lowest BCUT2D eigenvalue weighted by atomic mass is 10.3. The second kappa shape index (κ2) is 7.92. The summed E-state index contributed by atoms with van der Waals surface area (Å²) in [7, 11) is 0. The van der Waals surface area contributed by atoms with Crippen LogP contribution in [0.2, 0.25) is 0 Å². The van der Waals surface area contributed by atoms with Gasteiger partial charge in [-0.15, -0.1) is 11.3 Å². The predicted octanol–water partition coefficient (Wildman–Crippen LogP) is 2.86. The summed E-state index contributed by atoms with van der Waals surface area (Å²) >= 11 is 1.21. The summed E-state index contributed by atoms with van der Waals surface area (Å²) in [5, 5.41) is 8.26. The molecule has 0 aliphatic carbocycles.